The van der Waals surface area contributed by atoms with Crippen molar-refractivity contribution in [2.75, 3.05) is 5.43 Å². The first-order valence-electron chi connectivity index (χ1n) is 4.52. The molecule has 3 heteroatoms. The van der Waals surface area contributed by atoms with Gasteiger partial charge in [-0.15, -0.1) is 0 Å². The number of nitrogens with one attached hydrogen (secondary N) is 1. The zero-order chi connectivity index (χ0) is 11.0. The zero-order valence-corrected chi connectivity index (χ0v) is 8.75. The van der Waals surface area contributed by atoms with Crippen molar-refractivity contribution >= 4 is 24.2 Å². The molecule has 3 N–H and O–H groups in total. The van der Waals surface area contributed by atoms with Crippen molar-refractivity contribution in [3.63, 3.8) is 0 Å². The molecule has 0 bridgehead atoms. The van der Waals surface area contributed by atoms with Gasteiger partial charge in [-0.25, -0.2) is 0 Å². The Hall–Kier alpha value is -1.61. The molecule has 1 rings (SSSR count). The van der Waals surface area contributed by atoms with Crippen molar-refractivity contribution in [2.45, 2.75) is 13.8 Å². The van der Waals surface area contributed by atoms with Gasteiger partial charge in [0.15, 0.2) is 0 Å². The molecule has 0 aromatic heterocycles. The lowest BCUT2D eigenvalue weighted by molar-refractivity contribution is 1.34. The summed E-state index contributed by atoms with van der Waals surface area (Å²) in [6.07, 6.45) is 1.69. The number of aliphatic imine (C=N–C) groups is 1. The fraction of sp³-hybridized carbons (Fsp3) is 0.182. The molecule has 0 heterocycles. The molecule has 0 aliphatic carbocycles. The first kappa shape index (κ1) is 12.4. The smallest absolute Gasteiger partial charge is 0.0715 e. The molecule has 0 fully saturated rings. The van der Waals surface area contributed by atoms with Crippen LogP contribution >= 0.6 is 0 Å². The summed E-state index contributed by atoms with van der Waals surface area (Å²) < 4.78 is 0. The molecule has 0 saturated heterocycles. The molecular weight excluding hydrogens is 174 g/mol. The maximum absolute atomic E-state index is 5.29. The molecule has 0 radical (unpaired) electrons. The number of rotatable bonds is 3. The van der Waals surface area contributed by atoms with E-state index in [1.54, 1.807) is 6.08 Å². The molecular formula is C11H17N3. The molecule has 0 saturated carbocycles. The Morgan fingerprint density at radius 3 is 2.50 bits per heavy atom. The molecule has 14 heavy (non-hydrogen) atoms. The summed E-state index contributed by atoms with van der Waals surface area (Å²) in [7, 11) is 0. The van der Waals surface area contributed by atoms with Crippen LogP contribution in [0.2, 0.25) is 0 Å². The van der Waals surface area contributed by atoms with Crippen molar-refractivity contribution < 1.29 is 0 Å². The number of hydrogen-bond donors (Lipinski definition) is 2. The first-order chi connectivity index (χ1) is 6.83. The summed E-state index contributed by atoms with van der Waals surface area (Å²) in [5.74, 6) is 5.29. The second kappa shape index (κ2) is 6.86. The summed E-state index contributed by atoms with van der Waals surface area (Å²) in [4.78, 5) is 3.83. The van der Waals surface area contributed by atoms with Gasteiger partial charge < -0.3 is 5.43 Å². The van der Waals surface area contributed by atoms with Crippen LogP contribution in [0.5, 0.6) is 0 Å². The van der Waals surface area contributed by atoms with E-state index < -0.39 is 0 Å². The first-order valence-corrected chi connectivity index (χ1v) is 4.52. The lowest BCUT2D eigenvalue weighted by Gasteiger charge is -2.06. The fourth-order valence-electron chi connectivity index (χ4n) is 1.03. The van der Waals surface area contributed by atoms with E-state index in [0.29, 0.717) is 0 Å². The molecule has 0 unspecified atom stereocenters. The van der Waals surface area contributed by atoms with Gasteiger partial charge in [0, 0.05) is 5.56 Å². The minimum Gasteiger partial charge on any atom is -0.323 e. The van der Waals surface area contributed by atoms with E-state index >= 15 is 0 Å². The van der Waals surface area contributed by atoms with Crippen LogP contribution in [-0.4, -0.2) is 6.72 Å². The quantitative estimate of drug-likeness (QED) is 0.438. The third-order valence-corrected chi connectivity index (χ3v) is 1.61. The van der Waals surface area contributed by atoms with Crippen LogP contribution in [0.1, 0.15) is 19.4 Å². The van der Waals surface area contributed by atoms with Crippen molar-refractivity contribution in [3.8, 4) is 0 Å². The van der Waals surface area contributed by atoms with E-state index in [1.807, 2.05) is 32.0 Å². The van der Waals surface area contributed by atoms with Crippen LogP contribution in [0.3, 0.4) is 0 Å². The summed E-state index contributed by atoms with van der Waals surface area (Å²) >= 11 is 0. The molecule has 76 valence electrons. The summed E-state index contributed by atoms with van der Waals surface area (Å²) in [6, 6.07) is 5.56. The zero-order valence-electron chi connectivity index (χ0n) is 8.75. The SMILES string of the molecule is C=Cc1c(N=C)cccc1NN.CC. The number of nitrogens with zero attached hydrogens (tertiary/aromatic N) is 1. The van der Waals surface area contributed by atoms with Crippen LogP contribution in [0, 0.1) is 0 Å². The van der Waals surface area contributed by atoms with Crippen LogP contribution in [0.25, 0.3) is 6.08 Å². The van der Waals surface area contributed by atoms with Gasteiger partial charge in [0.2, 0.25) is 0 Å². The molecule has 1 aromatic carbocycles. The largest absolute Gasteiger partial charge is 0.323 e. The minimum absolute atomic E-state index is 0.778. The van der Waals surface area contributed by atoms with Gasteiger partial charge in [-0.1, -0.05) is 32.6 Å². The van der Waals surface area contributed by atoms with Crippen LogP contribution in [0.4, 0.5) is 11.4 Å². The van der Waals surface area contributed by atoms with E-state index in [-0.39, 0.29) is 0 Å². The summed E-state index contributed by atoms with van der Waals surface area (Å²) in [6.45, 7) is 11.1. The number of hydrazine groups is 1. The topological polar surface area (TPSA) is 50.4 Å². The van der Waals surface area contributed by atoms with E-state index in [9.17, 15) is 0 Å². The summed E-state index contributed by atoms with van der Waals surface area (Å²) in [5, 5.41) is 0. The monoisotopic (exact) mass is 191 g/mol. The molecule has 0 spiro atoms. The fourth-order valence-corrected chi connectivity index (χ4v) is 1.03. The Bertz CT molecular complexity index is 305. The normalized spacial score (nSPS) is 8.21. The molecule has 0 aliphatic heterocycles. The molecule has 3 nitrogen and oxygen atoms in total. The Kier molecular flexibility index (Phi) is 6.07. The van der Waals surface area contributed by atoms with Gasteiger partial charge in [-0.05, 0) is 18.9 Å². The number of benzene rings is 1. The molecule has 0 atom stereocenters. The van der Waals surface area contributed by atoms with Crippen LogP contribution < -0.4 is 11.3 Å². The highest BCUT2D eigenvalue weighted by Crippen LogP contribution is 2.26. The number of nitrogen functional groups attached to an aromatic ring is 1. The predicted octanol–water partition coefficient (Wildman–Crippen LogP) is 2.97. The third kappa shape index (κ3) is 2.71. The highest BCUT2D eigenvalue weighted by molar-refractivity contribution is 5.76. The van der Waals surface area contributed by atoms with Crippen molar-refractivity contribution in [2.24, 2.45) is 10.8 Å². The lowest BCUT2D eigenvalue weighted by Crippen LogP contribution is -2.07. The average molecular weight is 191 g/mol. The van der Waals surface area contributed by atoms with Crippen molar-refractivity contribution in [1.82, 2.24) is 0 Å². The maximum atomic E-state index is 5.29. The van der Waals surface area contributed by atoms with Gasteiger partial charge in [-0.2, -0.15) is 0 Å². The Morgan fingerprint density at radius 2 is 2.07 bits per heavy atom. The second-order valence-electron chi connectivity index (χ2n) is 2.24. The lowest BCUT2D eigenvalue weighted by atomic mass is 10.1. The van der Waals surface area contributed by atoms with E-state index in [4.69, 9.17) is 5.84 Å². The summed E-state index contributed by atoms with van der Waals surface area (Å²) in [5.41, 5.74) is 5.01. The van der Waals surface area contributed by atoms with Crippen molar-refractivity contribution in [1.29, 1.82) is 0 Å². The van der Waals surface area contributed by atoms with Crippen molar-refractivity contribution in [3.05, 3.63) is 30.3 Å². The van der Waals surface area contributed by atoms with E-state index in [2.05, 4.69) is 23.7 Å². The van der Waals surface area contributed by atoms with Gasteiger partial charge in [0.1, 0.15) is 0 Å². The maximum Gasteiger partial charge on any atom is 0.0715 e. The minimum atomic E-state index is 0.778. The van der Waals surface area contributed by atoms with E-state index in [0.717, 1.165) is 16.9 Å². The Balaban J connectivity index is 0.000000791. The molecule has 1 aromatic rings. The number of hydrogen-bond acceptors (Lipinski definition) is 3. The standard InChI is InChI=1S/C9H11N3.C2H6/c1-3-7-8(11-2)5-4-6-9(7)12-10;1-2/h3-6,12H,1-2,10H2;1-2H3. The van der Waals surface area contributed by atoms with Gasteiger partial charge >= 0.3 is 0 Å². The third-order valence-electron chi connectivity index (χ3n) is 1.61. The van der Waals surface area contributed by atoms with Gasteiger partial charge in [0.25, 0.3) is 0 Å². The van der Waals surface area contributed by atoms with Crippen LogP contribution in [0.15, 0.2) is 29.8 Å². The highest BCUT2D eigenvalue weighted by atomic mass is 15.2. The van der Waals surface area contributed by atoms with Gasteiger partial charge in [-0.3, -0.25) is 10.8 Å². The van der Waals surface area contributed by atoms with Crippen LogP contribution in [-0.2, 0) is 0 Å². The Labute approximate surface area is 85.3 Å². The van der Waals surface area contributed by atoms with Gasteiger partial charge in [0.05, 0.1) is 11.4 Å². The molecule has 0 amide bonds. The number of anilines is 1. The molecule has 0 aliphatic rings. The second-order valence-corrected chi connectivity index (χ2v) is 2.24. The predicted molar refractivity (Wildman–Crippen MR) is 64.9 cm³/mol. The highest BCUT2D eigenvalue weighted by Gasteiger charge is 2.00. The average Bonchev–Trinajstić information content (AvgIpc) is 2.30. The number of nitrogens with two attached hydrogens (primary N) is 1. The van der Waals surface area contributed by atoms with E-state index in [1.165, 1.54) is 0 Å². The Morgan fingerprint density at radius 1 is 1.43 bits per heavy atom.